The van der Waals surface area contributed by atoms with E-state index in [1.165, 1.54) is 32.1 Å². The third kappa shape index (κ3) is 6.68. The van der Waals surface area contributed by atoms with E-state index >= 15 is 0 Å². The summed E-state index contributed by atoms with van der Waals surface area (Å²) in [6.07, 6.45) is 6.37. The first-order valence-electron chi connectivity index (χ1n) is 8.19. The Balaban J connectivity index is 0.00000242. The second-order valence-electron chi connectivity index (χ2n) is 6.09. The van der Waals surface area contributed by atoms with E-state index in [4.69, 9.17) is 5.73 Å². The number of hydrogen-bond donors (Lipinski definition) is 2. The van der Waals surface area contributed by atoms with E-state index in [1.807, 2.05) is 4.90 Å². The number of piperazine rings is 1. The number of nitrogens with zero attached hydrogens (tertiary/aromatic N) is 3. The predicted molar refractivity (Wildman–Crippen MR) is 101 cm³/mol. The first-order valence-corrected chi connectivity index (χ1v) is 8.19. The van der Waals surface area contributed by atoms with Crippen LogP contribution >= 0.6 is 24.0 Å². The van der Waals surface area contributed by atoms with E-state index in [1.54, 1.807) is 6.92 Å². The van der Waals surface area contributed by atoms with Crippen LogP contribution in [0.15, 0.2) is 4.99 Å². The van der Waals surface area contributed by atoms with E-state index in [9.17, 15) is 4.79 Å². The summed E-state index contributed by atoms with van der Waals surface area (Å²) >= 11 is 0. The molecule has 0 aromatic heterocycles. The normalized spacial score (nSPS) is 21.3. The summed E-state index contributed by atoms with van der Waals surface area (Å²) in [5, 5.41) is 3.33. The minimum absolute atomic E-state index is 0. The Morgan fingerprint density at radius 2 is 1.82 bits per heavy atom. The van der Waals surface area contributed by atoms with E-state index in [-0.39, 0.29) is 29.9 Å². The molecule has 22 heavy (non-hydrogen) atoms. The Morgan fingerprint density at radius 1 is 1.18 bits per heavy atom. The Hall–Kier alpha value is -0.570. The Labute approximate surface area is 150 Å². The number of hydrogen-bond acceptors (Lipinski definition) is 3. The van der Waals surface area contributed by atoms with E-state index in [0.717, 1.165) is 39.3 Å². The second-order valence-corrected chi connectivity index (χ2v) is 6.09. The van der Waals surface area contributed by atoms with Gasteiger partial charge in [0, 0.05) is 45.7 Å². The molecule has 2 aliphatic rings. The molecule has 6 nitrogen and oxygen atoms in total. The van der Waals surface area contributed by atoms with Crippen LogP contribution in [-0.2, 0) is 4.79 Å². The van der Waals surface area contributed by atoms with Gasteiger partial charge in [-0.1, -0.05) is 19.3 Å². The lowest BCUT2D eigenvalue weighted by Crippen LogP contribution is -2.48. The SMILES string of the molecule is CC(=O)N1CCN(CCN=C(N)NC2CCCCC2)CC1.I. The van der Waals surface area contributed by atoms with Crippen LogP contribution in [0.25, 0.3) is 0 Å². The van der Waals surface area contributed by atoms with Crippen molar-refractivity contribution in [1.29, 1.82) is 0 Å². The van der Waals surface area contributed by atoms with Gasteiger partial charge in [-0.15, -0.1) is 24.0 Å². The van der Waals surface area contributed by atoms with Crippen molar-refractivity contribution in [3.8, 4) is 0 Å². The number of carbonyl (C=O) groups is 1. The summed E-state index contributed by atoms with van der Waals surface area (Å²) in [5.41, 5.74) is 5.95. The van der Waals surface area contributed by atoms with Gasteiger partial charge in [0.1, 0.15) is 0 Å². The van der Waals surface area contributed by atoms with Crippen molar-refractivity contribution in [3.05, 3.63) is 0 Å². The summed E-state index contributed by atoms with van der Waals surface area (Å²) in [7, 11) is 0. The van der Waals surface area contributed by atoms with Crippen molar-refractivity contribution in [3.63, 3.8) is 0 Å². The molecule has 1 aliphatic carbocycles. The number of carbonyl (C=O) groups excluding carboxylic acids is 1. The molecule has 1 saturated carbocycles. The van der Waals surface area contributed by atoms with Crippen molar-refractivity contribution < 1.29 is 4.79 Å². The highest BCUT2D eigenvalue weighted by Crippen LogP contribution is 2.16. The summed E-state index contributed by atoms with van der Waals surface area (Å²) in [4.78, 5) is 19.9. The molecular weight excluding hydrogens is 393 g/mol. The molecule has 3 N–H and O–H groups in total. The van der Waals surface area contributed by atoms with Crippen molar-refractivity contribution in [2.45, 2.75) is 45.1 Å². The number of nitrogens with one attached hydrogen (secondary N) is 1. The molecule has 1 aliphatic heterocycles. The van der Waals surface area contributed by atoms with Crippen LogP contribution in [0.2, 0.25) is 0 Å². The average Bonchev–Trinajstić information content (AvgIpc) is 2.49. The molecule has 0 spiro atoms. The number of guanidine groups is 1. The van der Waals surface area contributed by atoms with Crippen molar-refractivity contribution in [2.75, 3.05) is 39.3 Å². The maximum Gasteiger partial charge on any atom is 0.219 e. The Kier molecular flexibility index (Phi) is 9.08. The molecule has 0 atom stereocenters. The quantitative estimate of drug-likeness (QED) is 0.402. The van der Waals surface area contributed by atoms with E-state index in [0.29, 0.717) is 12.0 Å². The standard InChI is InChI=1S/C15H29N5O.HI/c1-13(21)20-11-9-19(10-12-20)8-7-17-15(16)18-14-5-3-2-4-6-14;/h14H,2-12H2,1H3,(H3,16,17,18);1H. The molecule has 0 bridgehead atoms. The van der Waals surface area contributed by atoms with Gasteiger partial charge in [0.05, 0.1) is 6.54 Å². The molecule has 0 aromatic carbocycles. The first kappa shape index (κ1) is 19.5. The molecule has 2 fully saturated rings. The largest absolute Gasteiger partial charge is 0.370 e. The summed E-state index contributed by atoms with van der Waals surface area (Å²) in [6, 6.07) is 0.515. The van der Waals surface area contributed by atoms with Gasteiger partial charge in [-0.3, -0.25) is 14.7 Å². The van der Waals surface area contributed by atoms with Crippen LogP contribution < -0.4 is 11.1 Å². The highest BCUT2D eigenvalue weighted by molar-refractivity contribution is 14.0. The van der Waals surface area contributed by atoms with Gasteiger partial charge >= 0.3 is 0 Å². The molecule has 1 saturated heterocycles. The lowest BCUT2D eigenvalue weighted by atomic mass is 9.96. The third-order valence-corrected chi connectivity index (χ3v) is 4.47. The monoisotopic (exact) mass is 423 g/mol. The number of nitrogens with two attached hydrogens (primary N) is 1. The summed E-state index contributed by atoms with van der Waals surface area (Å²) in [5.74, 6) is 0.762. The molecule has 0 aromatic rings. The first-order chi connectivity index (χ1) is 10.1. The molecular formula is C15H30IN5O. The minimum Gasteiger partial charge on any atom is -0.370 e. The average molecular weight is 423 g/mol. The fraction of sp³-hybridized carbons (Fsp3) is 0.867. The fourth-order valence-corrected chi connectivity index (χ4v) is 3.10. The Bertz CT molecular complexity index is 363. The molecule has 7 heteroatoms. The molecule has 0 radical (unpaired) electrons. The van der Waals surface area contributed by atoms with Crippen LogP contribution in [-0.4, -0.2) is 67.0 Å². The second kappa shape index (κ2) is 10.3. The maximum atomic E-state index is 11.3. The van der Waals surface area contributed by atoms with Crippen LogP contribution in [0.1, 0.15) is 39.0 Å². The molecule has 0 unspecified atom stereocenters. The summed E-state index contributed by atoms with van der Waals surface area (Å²) < 4.78 is 0. The van der Waals surface area contributed by atoms with Gasteiger partial charge in [-0.2, -0.15) is 0 Å². The van der Waals surface area contributed by atoms with Gasteiger partial charge in [-0.05, 0) is 12.8 Å². The third-order valence-electron chi connectivity index (χ3n) is 4.47. The van der Waals surface area contributed by atoms with Crippen LogP contribution in [0.5, 0.6) is 0 Å². The van der Waals surface area contributed by atoms with Gasteiger partial charge < -0.3 is 16.0 Å². The molecule has 128 valence electrons. The maximum absolute atomic E-state index is 11.3. The van der Waals surface area contributed by atoms with E-state index < -0.39 is 0 Å². The van der Waals surface area contributed by atoms with Gasteiger partial charge in [0.2, 0.25) is 5.91 Å². The topological polar surface area (TPSA) is 74.0 Å². The lowest BCUT2D eigenvalue weighted by molar-refractivity contribution is -0.130. The van der Waals surface area contributed by atoms with Gasteiger partial charge in [0.25, 0.3) is 0 Å². The van der Waals surface area contributed by atoms with Crippen LogP contribution in [0, 0.1) is 0 Å². The van der Waals surface area contributed by atoms with Gasteiger partial charge in [-0.25, -0.2) is 0 Å². The highest BCUT2D eigenvalue weighted by Gasteiger charge is 2.18. The van der Waals surface area contributed by atoms with Crippen LogP contribution in [0.4, 0.5) is 0 Å². The zero-order chi connectivity index (χ0) is 15.1. The Morgan fingerprint density at radius 3 is 2.41 bits per heavy atom. The minimum atomic E-state index is 0. The van der Waals surface area contributed by atoms with Crippen LogP contribution in [0.3, 0.4) is 0 Å². The number of amides is 1. The van der Waals surface area contributed by atoms with Crippen molar-refractivity contribution in [2.24, 2.45) is 10.7 Å². The predicted octanol–water partition coefficient (Wildman–Crippen LogP) is 1.01. The number of rotatable bonds is 4. The lowest BCUT2D eigenvalue weighted by Gasteiger charge is -2.33. The number of halogens is 1. The highest BCUT2D eigenvalue weighted by atomic mass is 127. The van der Waals surface area contributed by atoms with E-state index in [2.05, 4.69) is 15.2 Å². The zero-order valence-electron chi connectivity index (χ0n) is 13.6. The summed E-state index contributed by atoms with van der Waals surface area (Å²) in [6.45, 7) is 6.81. The number of aliphatic imine (C=N–C) groups is 1. The molecule has 1 amide bonds. The zero-order valence-corrected chi connectivity index (χ0v) is 15.9. The van der Waals surface area contributed by atoms with Gasteiger partial charge in [0.15, 0.2) is 5.96 Å². The fourth-order valence-electron chi connectivity index (χ4n) is 3.10. The smallest absolute Gasteiger partial charge is 0.219 e. The van der Waals surface area contributed by atoms with Crippen molar-refractivity contribution >= 4 is 35.8 Å². The van der Waals surface area contributed by atoms with Crippen molar-refractivity contribution in [1.82, 2.24) is 15.1 Å². The molecule has 2 rings (SSSR count). The molecule has 1 heterocycles.